The molecule has 6 rings (SSSR count). The number of imidazole rings is 1. The smallest absolute Gasteiger partial charge is 0.261 e. The maximum atomic E-state index is 13.0. The van der Waals surface area contributed by atoms with Gasteiger partial charge in [0.2, 0.25) is 5.91 Å². The van der Waals surface area contributed by atoms with Gasteiger partial charge in [0.15, 0.2) is 0 Å². The molecule has 2 aliphatic rings. The van der Waals surface area contributed by atoms with E-state index in [-0.39, 0.29) is 30.4 Å². The summed E-state index contributed by atoms with van der Waals surface area (Å²) >= 11 is 6.08. The zero-order chi connectivity index (χ0) is 30.8. The van der Waals surface area contributed by atoms with Crippen molar-refractivity contribution in [2.24, 2.45) is 0 Å². The number of piperazine rings is 1. The molecule has 2 aromatic heterocycles. The lowest BCUT2D eigenvalue weighted by atomic mass is 10.1. The quantitative estimate of drug-likeness (QED) is 0.224. The Morgan fingerprint density at radius 3 is 2.60 bits per heavy atom. The summed E-state index contributed by atoms with van der Waals surface area (Å²) in [4.78, 5) is 43.1. The molecule has 45 heavy (non-hydrogen) atoms. The van der Waals surface area contributed by atoms with Crippen molar-refractivity contribution < 1.29 is 14.1 Å². The van der Waals surface area contributed by atoms with Crippen LogP contribution in [0.15, 0.2) is 53.5 Å². The first kappa shape index (κ1) is 33.0. The third-order valence-corrected chi connectivity index (χ3v) is 9.82. The topological polar surface area (TPSA) is 138 Å². The normalized spacial score (nSPS) is 16.9. The van der Waals surface area contributed by atoms with Crippen molar-refractivity contribution in [1.29, 1.82) is 0 Å². The number of rotatable bonds is 8. The molecule has 2 aromatic carbocycles. The van der Waals surface area contributed by atoms with Gasteiger partial charge in [-0.25, -0.2) is 4.98 Å². The minimum atomic E-state index is -0.825. The Kier molecular flexibility index (Phi) is 10.5. The molecule has 4 N–H and O–H groups in total. The summed E-state index contributed by atoms with van der Waals surface area (Å²) in [6, 6.07) is 12.9. The number of amides is 1. The number of aliphatic hydroxyl groups excluding tert-OH is 1. The number of aryl methyl sites for hydroxylation is 1. The monoisotopic (exact) mass is 673 g/mol. The third kappa shape index (κ3) is 7.53. The Bertz CT molecular complexity index is 1750. The lowest BCUT2D eigenvalue weighted by Gasteiger charge is -2.37. The van der Waals surface area contributed by atoms with Gasteiger partial charge in [0, 0.05) is 85.0 Å². The van der Waals surface area contributed by atoms with Crippen LogP contribution in [-0.2, 0) is 15.6 Å². The van der Waals surface area contributed by atoms with Crippen LogP contribution in [0.25, 0.3) is 22.4 Å². The highest BCUT2D eigenvalue weighted by Crippen LogP contribution is 2.30. The summed E-state index contributed by atoms with van der Waals surface area (Å²) in [5, 5.41) is 14.4. The zero-order valence-corrected chi connectivity index (χ0v) is 27.3. The van der Waals surface area contributed by atoms with Crippen LogP contribution >= 0.6 is 24.0 Å². The Hall–Kier alpha value is -3.42. The second-order valence-corrected chi connectivity index (χ2v) is 13.4. The average Bonchev–Trinajstić information content (AvgIpc) is 3.45. The number of hydrogen-bond donors (Lipinski definition) is 4. The van der Waals surface area contributed by atoms with Crippen molar-refractivity contribution in [1.82, 2.24) is 24.8 Å². The number of pyridine rings is 1. The van der Waals surface area contributed by atoms with E-state index in [0.29, 0.717) is 85.0 Å². The molecule has 4 heterocycles. The van der Waals surface area contributed by atoms with E-state index < -0.39 is 16.9 Å². The molecular formula is C31H37Cl2N7O4S. The molecule has 240 valence electrons. The minimum absolute atomic E-state index is 0. The van der Waals surface area contributed by atoms with Crippen LogP contribution < -0.4 is 15.8 Å². The van der Waals surface area contributed by atoms with Crippen LogP contribution in [0.4, 0.5) is 11.4 Å². The molecule has 14 heteroatoms. The highest BCUT2D eigenvalue weighted by molar-refractivity contribution is 7.85. The first-order chi connectivity index (χ1) is 21.2. The van der Waals surface area contributed by atoms with Gasteiger partial charge >= 0.3 is 0 Å². The van der Waals surface area contributed by atoms with Gasteiger partial charge in [0.1, 0.15) is 11.4 Å². The third-order valence-electron chi connectivity index (χ3n) is 8.31. The minimum Gasteiger partial charge on any atom is -0.387 e. The molecule has 2 fully saturated rings. The fourth-order valence-electron chi connectivity index (χ4n) is 5.81. The van der Waals surface area contributed by atoms with Crippen molar-refractivity contribution in [3.05, 3.63) is 75.2 Å². The molecule has 0 aliphatic carbocycles. The summed E-state index contributed by atoms with van der Waals surface area (Å²) in [6.45, 7) is 6.67. The molecule has 0 saturated carbocycles. The highest BCUT2D eigenvalue weighted by atomic mass is 35.5. The van der Waals surface area contributed by atoms with Gasteiger partial charge in [-0.15, -0.1) is 12.4 Å². The van der Waals surface area contributed by atoms with E-state index in [9.17, 15) is 18.9 Å². The maximum absolute atomic E-state index is 13.0. The zero-order valence-electron chi connectivity index (χ0n) is 24.9. The Labute approximate surface area is 274 Å². The number of anilines is 2. The van der Waals surface area contributed by atoms with E-state index in [1.165, 1.54) is 0 Å². The Morgan fingerprint density at radius 1 is 1.11 bits per heavy atom. The second kappa shape index (κ2) is 14.3. The van der Waals surface area contributed by atoms with E-state index in [2.05, 4.69) is 31.2 Å². The second-order valence-electron chi connectivity index (χ2n) is 11.3. The number of aliphatic hydroxyl groups is 1. The molecule has 0 bridgehead atoms. The molecule has 2 aliphatic heterocycles. The molecule has 1 amide bonds. The number of halogens is 2. The van der Waals surface area contributed by atoms with Gasteiger partial charge < -0.3 is 30.2 Å². The number of benzene rings is 2. The fourth-order valence-corrected chi connectivity index (χ4v) is 7.14. The van der Waals surface area contributed by atoms with Crippen molar-refractivity contribution >= 4 is 63.1 Å². The van der Waals surface area contributed by atoms with Crippen LogP contribution in [-0.4, -0.2) is 104 Å². The SMILES string of the molecule is Cc1cc(N2CCN(C(=O)CN3CCS(=O)CC3)CC2)cc2[nH]c(-c3c(NC[C@@H](O)c4cccc(Cl)c4)cc[nH]c3=O)nc12.Cl. The van der Waals surface area contributed by atoms with Crippen LogP contribution in [0.3, 0.4) is 0 Å². The summed E-state index contributed by atoms with van der Waals surface area (Å²) in [5.74, 6) is 1.84. The molecule has 0 spiro atoms. The molecule has 4 aromatic rings. The van der Waals surface area contributed by atoms with Crippen molar-refractivity contribution in [3.63, 3.8) is 0 Å². The number of hydrogen-bond acceptors (Lipinski definition) is 8. The summed E-state index contributed by atoms with van der Waals surface area (Å²) < 4.78 is 11.6. The molecular weight excluding hydrogens is 637 g/mol. The molecule has 11 nitrogen and oxygen atoms in total. The summed E-state index contributed by atoms with van der Waals surface area (Å²) in [7, 11) is -0.754. The predicted octanol–water partition coefficient (Wildman–Crippen LogP) is 3.16. The standard InChI is InChI=1S/C31H36ClN7O4S.ClH/c1-20-15-23(38-7-9-39(10-8-38)27(41)19-37-11-13-44(43)14-12-37)17-25-29(20)36-30(35-25)28-24(5-6-33-31(28)42)34-18-26(40)21-3-2-4-22(32)16-21;/h2-6,15-17,26,40H,7-14,18-19H2,1H3,(H,35,36)(H2,33,34,42);1H/t26-;/m1./s1. The summed E-state index contributed by atoms with van der Waals surface area (Å²) in [6.07, 6.45) is 0.735. The van der Waals surface area contributed by atoms with E-state index in [4.69, 9.17) is 16.6 Å². The van der Waals surface area contributed by atoms with Gasteiger partial charge in [-0.1, -0.05) is 23.7 Å². The van der Waals surface area contributed by atoms with E-state index in [0.717, 1.165) is 22.3 Å². The predicted molar refractivity (Wildman–Crippen MR) is 182 cm³/mol. The van der Waals surface area contributed by atoms with Crippen LogP contribution in [0.2, 0.25) is 5.02 Å². The number of carbonyl (C=O) groups is 1. The Balaban J connectivity index is 0.00000400. The maximum Gasteiger partial charge on any atom is 0.261 e. The Morgan fingerprint density at radius 2 is 1.87 bits per heavy atom. The van der Waals surface area contributed by atoms with Gasteiger partial charge in [0.05, 0.1) is 29.4 Å². The lowest BCUT2D eigenvalue weighted by molar-refractivity contribution is -0.132. The number of nitrogens with zero attached hydrogens (tertiary/aromatic N) is 4. The van der Waals surface area contributed by atoms with E-state index >= 15 is 0 Å². The van der Waals surface area contributed by atoms with Gasteiger partial charge in [-0.3, -0.25) is 18.7 Å². The van der Waals surface area contributed by atoms with Crippen molar-refractivity contribution in [2.75, 3.05) is 74.1 Å². The van der Waals surface area contributed by atoms with Gasteiger partial charge in [0.25, 0.3) is 5.56 Å². The summed E-state index contributed by atoms with van der Waals surface area (Å²) in [5.41, 5.74) is 4.86. The average molecular weight is 675 g/mol. The number of H-pyrrole nitrogens is 2. The molecule has 1 atom stereocenters. The molecule has 2 saturated heterocycles. The largest absolute Gasteiger partial charge is 0.387 e. The first-order valence-electron chi connectivity index (χ1n) is 14.7. The van der Waals surface area contributed by atoms with Crippen LogP contribution in [0, 0.1) is 6.92 Å². The highest BCUT2D eigenvalue weighted by Gasteiger charge is 2.25. The van der Waals surface area contributed by atoms with Crippen LogP contribution in [0.5, 0.6) is 0 Å². The van der Waals surface area contributed by atoms with Gasteiger partial charge in [-0.2, -0.15) is 0 Å². The lowest BCUT2D eigenvalue weighted by Crippen LogP contribution is -2.52. The number of carbonyl (C=O) groups excluding carboxylic acids is 1. The molecule has 0 unspecified atom stereocenters. The van der Waals surface area contributed by atoms with Gasteiger partial charge in [-0.05, 0) is 48.4 Å². The van der Waals surface area contributed by atoms with Crippen LogP contribution in [0.1, 0.15) is 17.2 Å². The van der Waals surface area contributed by atoms with Crippen molar-refractivity contribution in [3.8, 4) is 11.4 Å². The van der Waals surface area contributed by atoms with Crippen molar-refractivity contribution in [2.45, 2.75) is 13.0 Å². The van der Waals surface area contributed by atoms with E-state index in [1.54, 1.807) is 36.5 Å². The fraction of sp³-hybridized carbons (Fsp3) is 0.387. The molecule has 0 radical (unpaired) electrons. The number of nitrogens with one attached hydrogen (secondary N) is 3. The number of aromatic amines is 2. The number of aromatic nitrogens is 3. The first-order valence-corrected chi connectivity index (χ1v) is 16.6. The number of fused-ring (bicyclic) bond motifs is 1. The van der Waals surface area contributed by atoms with E-state index in [1.807, 2.05) is 17.9 Å².